The second kappa shape index (κ2) is 4.90. The van der Waals surface area contributed by atoms with Crippen molar-refractivity contribution in [3.63, 3.8) is 0 Å². The van der Waals surface area contributed by atoms with Crippen LogP contribution in [0.15, 0.2) is 36.7 Å². The summed E-state index contributed by atoms with van der Waals surface area (Å²) in [7, 11) is 0. The number of anilines is 1. The van der Waals surface area contributed by atoms with Crippen LogP contribution in [0.3, 0.4) is 0 Å². The molecule has 3 nitrogen and oxygen atoms in total. The molecule has 0 spiro atoms. The third kappa shape index (κ3) is 2.96. The summed E-state index contributed by atoms with van der Waals surface area (Å²) < 4.78 is 0. The molecule has 0 saturated carbocycles. The Bertz CT molecular complexity index is 540. The molecule has 0 aliphatic carbocycles. The van der Waals surface area contributed by atoms with E-state index in [-0.39, 0.29) is 11.3 Å². The molecule has 2 aromatic rings. The van der Waals surface area contributed by atoms with Gasteiger partial charge in [-0.2, -0.15) is 0 Å². The normalized spacial score (nSPS) is 11.3. The Hall–Kier alpha value is -1.68. The van der Waals surface area contributed by atoms with Crippen molar-refractivity contribution in [2.75, 3.05) is 5.32 Å². The molecule has 0 unspecified atom stereocenters. The van der Waals surface area contributed by atoms with E-state index in [1.807, 2.05) is 12.1 Å². The molecule has 18 heavy (non-hydrogen) atoms. The van der Waals surface area contributed by atoms with Gasteiger partial charge in [0.05, 0.1) is 4.88 Å². The molecule has 0 fully saturated rings. The maximum Gasteiger partial charge on any atom is 0.265 e. The number of aromatic nitrogens is 1. The van der Waals surface area contributed by atoms with Crippen LogP contribution in [0.1, 0.15) is 35.3 Å². The number of nitrogens with zero attached hydrogens (tertiary/aromatic N) is 1. The van der Waals surface area contributed by atoms with Crippen LogP contribution in [-0.2, 0) is 5.41 Å². The highest BCUT2D eigenvalue weighted by atomic mass is 32.1. The Morgan fingerprint density at radius 3 is 2.39 bits per heavy atom. The number of amides is 1. The summed E-state index contributed by atoms with van der Waals surface area (Å²) in [4.78, 5) is 17.9. The van der Waals surface area contributed by atoms with E-state index < -0.39 is 0 Å². The Balaban J connectivity index is 2.13. The summed E-state index contributed by atoms with van der Waals surface area (Å²) in [6, 6.07) is 7.44. The molecule has 1 amide bonds. The van der Waals surface area contributed by atoms with Gasteiger partial charge in [0.15, 0.2) is 0 Å². The van der Waals surface area contributed by atoms with Gasteiger partial charge in [0.2, 0.25) is 0 Å². The van der Waals surface area contributed by atoms with E-state index >= 15 is 0 Å². The molecule has 2 aromatic heterocycles. The van der Waals surface area contributed by atoms with Crippen LogP contribution in [0, 0.1) is 0 Å². The monoisotopic (exact) mass is 260 g/mol. The molecule has 2 heterocycles. The number of carbonyl (C=O) groups is 1. The summed E-state index contributed by atoms with van der Waals surface area (Å²) in [5.41, 5.74) is 0.848. The van der Waals surface area contributed by atoms with Gasteiger partial charge in [0.25, 0.3) is 5.91 Å². The van der Waals surface area contributed by atoms with E-state index in [2.05, 4.69) is 31.1 Å². The second-order valence-corrected chi connectivity index (χ2v) is 6.19. The first kappa shape index (κ1) is 12.8. The summed E-state index contributed by atoms with van der Waals surface area (Å²) >= 11 is 1.54. The van der Waals surface area contributed by atoms with Gasteiger partial charge in [-0.05, 0) is 29.7 Å². The zero-order chi connectivity index (χ0) is 13.2. The molecule has 0 saturated heterocycles. The Morgan fingerprint density at radius 1 is 1.17 bits per heavy atom. The van der Waals surface area contributed by atoms with Gasteiger partial charge in [0, 0.05) is 23.0 Å². The first-order valence-electron chi connectivity index (χ1n) is 5.78. The second-order valence-electron chi connectivity index (χ2n) is 5.10. The number of pyridine rings is 1. The minimum Gasteiger partial charge on any atom is -0.321 e. The highest BCUT2D eigenvalue weighted by Gasteiger charge is 2.18. The van der Waals surface area contributed by atoms with Crippen LogP contribution < -0.4 is 5.32 Å². The van der Waals surface area contributed by atoms with Crippen molar-refractivity contribution in [1.82, 2.24) is 4.98 Å². The van der Waals surface area contributed by atoms with Crippen molar-refractivity contribution in [1.29, 1.82) is 0 Å². The molecule has 0 radical (unpaired) electrons. The maximum atomic E-state index is 12.0. The standard InChI is InChI=1S/C14H16N2OS/c1-14(2,3)12-5-4-11(18-12)13(17)16-10-6-8-15-9-7-10/h4-9H,1-3H3,(H,15,16,17). The molecule has 0 atom stereocenters. The van der Waals surface area contributed by atoms with Crippen LogP contribution in [-0.4, -0.2) is 10.9 Å². The van der Waals surface area contributed by atoms with E-state index in [1.165, 1.54) is 16.2 Å². The maximum absolute atomic E-state index is 12.0. The molecule has 0 aliphatic heterocycles. The van der Waals surface area contributed by atoms with Crippen LogP contribution in [0.25, 0.3) is 0 Å². The summed E-state index contributed by atoms with van der Waals surface area (Å²) in [5.74, 6) is -0.0679. The predicted molar refractivity (Wildman–Crippen MR) is 75.2 cm³/mol. The number of hydrogen-bond donors (Lipinski definition) is 1. The largest absolute Gasteiger partial charge is 0.321 e. The summed E-state index contributed by atoms with van der Waals surface area (Å²) in [6.45, 7) is 6.43. The lowest BCUT2D eigenvalue weighted by Gasteiger charge is -2.15. The van der Waals surface area contributed by atoms with Crippen LogP contribution in [0.2, 0.25) is 0 Å². The quantitative estimate of drug-likeness (QED) is 0.894. The van der Waals surface area contributed by atoms with Crippen molar-refractivity contribution in [2.24, 2.45) is 0 Å². The smallest absolute Gasteiger partial charge is 0.265 e. The van der Waals surface area contributed by atoms with E-state index in [0.717, 1.165) is 10.6 Å². The van der Waals surface area contributed by atoms with E-state index in [4.69, 9.17) is 0 Å². The molecule has 0 aromatic carbocycles. The van der Waals surface area contributed by atoms with Crippen LogP contribution in [0.4, 0.5) is 5.69 Å². The fourth-order valence-corrected chi connectivity index (χ4v) is 2.45. The molecule has 4 heteroatoms. The highest BCUT2D eigenvalue weighted by Crippen LogP contribution is 2.29. The SMILES string of the molecule is CC(C)(C)c1ccc(C(=O)Nc2ccncc2)s1. The number of rotatable bonds is 2. The fraction of sp³-hybridized carbons (Fsp3) is 0.286. The highest BCUT2D eigenvalue weighted by molar-refractivity contribution is 7.14. The van der Waals surface area contributed by atoms with Crippen LogP contribution >= 0.6 is 11.3 Å². The first-order valence-corrected chi connectivity index (χ1v) is 6.60. The van der Waals surface area contributed by atoms with Gasteiger partial charge in [-0.15, -0.1) is 11.3 Å². The molecule has 2 rings (SSSR count). The average molecular weight is 260 g/mol. The number of nitrogens with one attached hydrogen (secondary N) is 1. The van der Waals surface area contributed by atoms with Crippen molar-refractivity contribution in [2.45, 2.75) is 26.2 Å². The molecular formula is C14H16N2OS. The van der Waals surface area contributed by atoms with Gasteiger partial charge in [0.1, 0.15) is 0 Å². The molecule has 0 bridgehead atoms. The zero-order valence-corrected chi connectivity index (χ0v) is 11.5. The van der Waals surface area contributed by atoms with E-state index in [9.17, 15) is 4.79 Å². The van der Waals surface area contributed by atoms with Gasteiger partial charge < -0.3 is 5.32 Å². The van der Waals surface area contributed by atoms with Gasteiger partial charge in [-0.1, -0.05) is 20.8 Å². The summed E-state index contributed by atoms with van der Waals surface area (Å²) in [5, 5.41) is 2.85. The summed E-state index contributed by atoms with van der Waals surface area (Å²) in [6.07, 6.45) is 3.31. The molecule has 94 valence electrons. The number of carbonyl (C=O) groups excluding carboxylic acids is 1. The van der Waals surface area contributed by atoms with Gasteiger partial charge in [-0.3, -0.25) is 9.78 Å². The zero-order valence-electron chi connectivity index (χ0n) is 10.7. The topological polar surface area (TPSA) is 42.0 Å². The molecule has 1 N–H and O–H groups in total. The van der Waals surface area contributed by atoms with E-state index in [1.54, 1.807) is 24.5 Å². The number of hydrogen-bond acceptors (Lipinski definition) is 3. The van der Waals surface area contributed by atoms with Crippen molar-refractivity contribution >= 4 is 22.9 Å². The predicted octanol–water partition coefficient (Wildman–Crippen LogP) is 3.69. The lowest BCUT2D eigenvalue weighted by Crippen LogP contribution is -2.10. The average Bonchev–Trinajstić information content (AvgIpc) is 2.79. The lowest BCUT2D eigenvalue weighted by atomic mass is 9.95. The Labute approximate surface area is 111 Å². The fourth-order valence-electron chi connectivity index (χ4n) is 1.49. The molecular weight excluding hydrogens is 244 g/mol. The minimum absolute atomic E-state index is 0.0679. The van der Waals surface area contributed by atoms with Gasteiger partial charge >= 0.3 is 0 Å². The Kier molecular flexibility index (Phi) is 3.48. The van der Waals surface area contributed by atoms with Crippen LogP contribution in [0.5, 0.6) is 0 Å². The Morgan fingerprint density at radius 2 is 1.83 bits per heavy atom. The minimum atomic E-state index is -0.0679. The van der Waals surface area contributed by atoms with Gasteiger partial charge in [-0.25, -0.2) is 0 Å². The lowest BCUT2D eigenvalue weighted by molar-refractivity contribution is 0.103. The molecule has 0 aliphatic rings. The third-order valence-electron chi connectivity index (χ3n) is 2.51. The van der Waals surface area contributed by atoms with Crippen molar-refractivity contribution in [3.05, 3.63) is 46.4 Å². The van der Waals surface area contributed by atoms with Crippen molar-refractivity contribution < 1.29 is 4.79 Å². The van der Waals surface area contributed by atoms with E-state index in [0.29, 0.717) is 0 Å². The third-order valence-corrected chi connectivity index (χ3v) is 4.02. The number of thiophene rings is 1. The first-order chi connectivity index (χ1) is 8.47. The van der Waals surface area contributed by atoms with Crippen molar-refractivity contribution in [3.8, 4) is 0 Å².